The summed E-state index contributed by atoms with van der Waals surface area (Å²) < 4.78 is 13.1. The lowest BCUT2D eigenvalue weighted by Crippen LogP contribution is -2.35. The number of hydrogen-bond donors (Lipinski definition) is 1. The molecule has 0 radical (unpaired) electrons. The Labute approximate surface area is 126 Å². The maximum Gasteiger partial charge on any atom is 0.124 e. The van der Waals surface area contributed by atoms with Gasteiger partial charge in [0.15, 0.2) is 0 Å². The van der Waals surface area contributed by atoms with E-state index in [1.54, 1.807) is 6.07 Å². The molecule has 0 aromatic heterocycles. The van der Waals surface area contributed by atoms with Gasteiger partial charge in [-0.2, -0.15) is 0 Å². The zero-order chi connectivity index (χ0) is 14.9. The van der Waals surface area contributed by atoms with Crippen LogP contribution < -0.4 is 0 Å². The summed E-state index contributed by atoms with van der Waals surface area (Å²) in [6.45, 7) is 6.78. The second kappa shape index (κ2) is 6.03. The van der Waals surface area contributed by atoms with Gasteiger partial charge in [-0.15, -0.1) is 0 Å². The summed E-state index contributed by atoms with van der Waals surface area (Å²) in [5.41, 5.74) is 1.21. The standard InChI is InChI=1S/C17H24ClFO/c1-17(2,3)13-5-7-16(20)12(9-13)8-11-4-6-14(19)10-15(11)18/h4,6,10,12-13,16,20H,5,7-9H2,1-3H3. The Kier molecular flexibility index (Phi) is 4.76. The van der Waals surface area contributed by atoms with E-state index in [1.165, 1.54) is 12.1 Å². The highest BCUT2D eigenvalue weighted by atomic mass is 35.5. The van der Waals surface area contributed by atoms with E-state index >= 15 is 0 Å². The van der Waals surface area contributed by atoms with Gasteiger partial charge in [-0.05, 0) is 60.6 Å². The van der Waals surface area contributed by atoms with E-state index in [9.17, 15) is 9.50 Å². The molecule has 1 saturated carbocycles. The van der Waals surface area contributed by atoms with Crippen LogP contribution >= 0.6 is 11.6 Å². The van der Waals surface area contributed by atoms with Gasteiger partial charge in [0.1, 0.15) is 5.82 Å². The predicted octanol–water partition coefficient (Wildman–Crippen LogP) is 4.84. The first-order valence-corrected chi connectivity index (χ1v) is 7.77. The molecule has 1 nitrogen and oxygen atoms in total. The zero-order valence-corrected chi connectivity index (χ0v) is 13.3. The fourth-order valence-electron chi connectivity index (χ4n) is 3.22. The van der Waals surface area contributed by atoms with Crippen molar-refractivity contribution < 1.29 is 9.50 Å². The van der Waals surface area contributed by atoms with E-state index in [0.717, 1.165) is 31.2 Å². The van der Waals surface area contributed by atoms with Crippen molar-refractivity contribution in [2.75, 3.05) is 0 Å². The Morgan fingerprint density at radius 2 is 2.00 bits per heavy atom. The van der Waals surface area contributed by atoms with Crippen LogP contribution in [0.2, 0.25) is 5.02 Å². The van der Waals surface area contributed by atoms with Crippen molar-refractivity contribution in [2.45, 2.75) is 52.6 Å². The first kappa shape index (κ1) is 15.8. The van der Waals surface area contributed by atoms with Gasteiger partial charge in [0, 0.05) is 5.02 Å². The van der Waals surface area contributed by atoms with Gasteiger partial charge < -0.3 is 5.11 Å². The minimum Gasteiger partial charge on any atom is -0.393 e. The van der Waals surface area contributed by atoms with Gasteiger partial charge in [0.05, 0.1) is 6.10 Å². The summed E-state index contributed by atoms with van der Waals surface area (Å²) in [5, 5.41) is 10.7. The first-order valence-electron chi connectivity index (χ1n) is 7.39. The molecule has 3 heteroatoms. The van der Waals surface area contributed by atoms with Gasteiger partial charge in [-0.25, -0.2) is 4.39 Å². The van der Waals surface area contributed by atoms with Crippen molar-refractivity contribution >= 4 is 11.6 Å². The molecule has 0 amide bonds. The van der Waals surface area contributed by atoms with Crippen LogP contribution in [0.5, 0.6) is 0 Å². The summed E-state index contributed by atoms with van der Waals surface area (Å²) in [6.07, 6.45) is 3.41. The van der Waals surface area contributed by atoms with E-state index in [0.29, 0.717) is 10.9 Å². The van der Waals surface area contributed by atoms with Crippen LogP contribution in [0.15, 0.2) is 18.2 Å². The highest BCUT2D eigenvalue weighted by molar-refractivity contribution is 6.31. The summed E-state index contributed by atoms with van der Waals surface area (Å²) in [5.74, 6) is 0.529. The molecule has 2 rings (SSSR count). The largest absolute Gasteiger partial charge is 0.393 e. The van der Waals surface area contributed by atoms with Crippen molar-refractivity contribution in [3.63, 3.8) is 0 Å². The van der Waals surface area contributed by atoms with Gasteiger partial charge in [0.25, 0.3) is 0 Å². The lowest BCUT2D eigenvalue weighted by Gasteiger charge is -2.40. The van der Waals surface area contributed by atoms with Crippen molar-refractivity contribution in [3.8, 4) is 0 Å². The average Bonchev–Trinajstić information content (AvgIpc) is 2.33. The fourth-order valence-corrected chi connectivity index (χ4v) is 3.47. The second-order valence-electron chi connectivity index (χ2n) is 7.14. The molecule has 20 heavy (non-hydrogen) atoms. The summed E-state index contributed by atoms with van der Waals surface area (Å²) in [6, 6.07) is 4.54. The van der Waals surface area contributed by atoms with Gasteiger partial charge in [-0.3, -0.25) is 0 Å². The third-order valence-electron chi connectivity index (χ3n) is 4.66. The monoisotopic (exact) mass is 298 g/mol. The molecule has 0 bridgehead atoms. The number of aliphatic hydroxyl groups excluding tert-OH is 1. The molecular weight excluding hydrogens is 275 g/mol. The highest BCUT2D eigenvalue weighted by Crippen LogP contribution is 2.41. The van der Waals surface area contributed by atoms with Gasteiger partial charge >= 0.3 is 0 Å². The molecule has 112 valence electrons. The molecule has 1 aromatic carbocycles. The van der Waals surface area contributed by atoms with Crippen LogP contribution in [0.3, 0.4) is 0 Å². The Hall–Kier alpha value is -0.600. The molecular formula is C17H24ClFO. The molecule has 0 spiro atoms. The van der Waals surface area contributed by atoms with Gasteiger partial charge in [0.2, 0.25) is 0 Å². The molecule has 0 aliphatic heterocycles. The Bertz CT molecular complexity index is 467. The van der Waals surface area contributed by atoms with Crippen LogP contribution in [0.1, 0.15) is 45.6 Å². The number of rotatable bonds is 2. The molecule has 1 fully saturated rings. The van der Waals surface area contributed by atoms with Gasteiger partial charge in [-0.1, -0.05) is 38.4 Å². The number of benzene rings is 1. The Morgan fingerprint density at radius 1 is 1.30 bits per heavy atom. The molecule has 1 aromatic rings. The predicted molar refractivity (Wildman–Crippen MR) is 81.4 cm³/mol. The second-order valence-corrected chi connectivity index (χ2v) is 7.55. The van der Waals surface area contributed by atoms with E-state index < -0.39 is 0 Å². The molecule has 3 unspecified atom stereocenters. The summed E-state index contributed by atoms with van der Waals surface area (Å²) in [7, 11) is 0. The van der Waals surface area contributed by atoms with Crippen LogP contribution in [0, 0.1) is 23.1 Å². The number of aliphatic hydroxyl groups is 1. The minimum absolute atomic E-state index is 0.218. The molecule has 1 aliphatic carbocycles. The molecule has 0 heterocycles. The highest BCUT2D eigenvalue weighted by Gasteiger charge is 2.35. The normalized spacial score (nSPS) is 27.6. The molecule has 3 atom stereocenters. The van der Waals surface area contributed by atoms with Crippen LogP contribution in [-0.2, 0) is 6.42 Å². The van der Waals surface area contributed by atoms with Crippen molar-refractivity contribution in [1.82, 2.24) is 0 Å². The van der Waals surface area contributed by atoms with Crippen LogP contribution in [-0.4, -0.2) is 11.2 Å². The molecule has 0 saturated heterocycles. The minimum atomic E-state index is -0.310. The third kappa shape index (κ3) is 3.73. The van der Waals surface area contributed by atoms with Crippen molar-refractivity contribution in [2.24, 2.45) is 17.3 Å². The molecule has 1 aliphatic rings. The van der Waals surface area contributed by atoms with E-state index in [1.807, 2.05) is 0 Å². The fraction of sp³-hybridized carbons (Fsp3) is 0.647. The summed E-state index contributed by atoms with van der Waals surface area (Å²) >= 11 is 6.10. The number of hydrogen-bond acceptors (Lipinski definition) is 1. The summed E-state index contributed by atoms with van der Waals surface area (Å²) in [4.78, 5) is 0. The Balaban J connectivity index is 2.10. The third-order valence-corrected chi connectivity index (χ3v) is 5.02. The van der Waals surface area contributed by atoms with Crippen molar-refractivity contribution in [1.29, 1.82) is 0 Å². The van der Waals surface area contributed by atoms with E-state index in [-0.39, 0.29) is 23.3 Å². The van der Waals surface area contributed by atoms with E-state index in [2.05, 4.69) is 20.8 Å². The van der Waals surface area contributed by atoms with Crippen LogP contribution in [0.4, 0.5) is 4.39 Å². The molecule has 1 N–H and O–H groups in total. The Morgan fingerprint density at radius 3 is 2.60 bits per heavy atom. The first-order chi connectivity index (χ1) is 9.27. The quantitative estimate of drug-likeness (QED) is 0.828. The lowest BCUT2D eigenvalue weighted by molar-refractivity contribution is 0.0196. The maximum absolute atomic E-state index is 13.1. The topological polar surface area (TPSA) is 20.2 Å². The SMILES string of the molecule is CC(C)(C)C1CCC(O)C(Cc2ccc(F)cc2Cl)C1. The van der Waals surface area contributed by atoms with Crippen LogP contribution in [0.25, 0.3) is 0 Å². The van der Waals surface area contributed by atoms with Crippen molar-refractivity contribution in [3.05, 3.63) is 34.6 Å². The number of halogens is 2. The van der Waals surface area contributed by atoms with E-state index in [4.69, 9.17) is 11.6 Å². The maximum atomic E-state index is 13.1. The smallest absolute Gasteiger partial charge is 0.124 e. The lowest BCUT2D eigenvalue weighted by atomic mass is 9.67. The average molecular weight is 299 g/mol. The zero-order valence-electron chi connectivity index (χ0n) is 12.5.